The van der Waals surface area contributed by atoms with Gasteiger partial charge in [0.05, 0.1) is 11.6 Å². The minimum absolute atomic E-state index is 0.798. The Labute approximate surface area is 129 Å². The molecule has 92 valence electrons. The molecule has 0 fully saturated rings. The summed E-state index contributed by atoms with van der Waals surface area (Å²) in [7, 11) is 1.65. The first-order valence-corrected chi connectivity index (χ1v) is 7.53. The molecule has 0 aliphatic rings. The maximum atomic E-state index is 5.88. The third kappa shape index (κ3) is 1.89. The summed E-state index contributed by atoms with van der Waals surface area (Å²) < 4.78 is 14.0. The normalized spacial score (nSPS) is 11.3. The highest BCUT2D eigenvalue weighted by molar-refractivity contribution is 9.11. The fourth-order valence-electron chi connectivity index (χ4n) is 1.98. The third-order valence-corrected chi connectivity index (χ3v) is 4.43. The zero-order chi connectivity index (χ0) is 12.9. The minimum atomic E-state index is 0.798. The van der Waals surface area contributed by atoms with Crippen molar-refractivity contribution < 1.29 is 9.15 Å². The molecule has 0 aliphatic carbocycles. The number of methoxy groups -OCH3 is 1. The molecule has 1 heterocycles. The molecule has 2 aromatic carbocycles. The van der Waals surface area contributed by atoms with Gasteiger partial charge in [-0.2, -0.15) is 0 Å². The predicted octanol–water partition coefficient (Wildman–Crippen LogP) is 5.88. The molecule has 0 spiro atoms. The van der Waals surface area contributed by atoms with Crippen LogP contribution in [0.4, 0.5) is 0 Å². The number of benzene rings is 2. The number of furan rings is 1. The van der Waals surface area contributed by atoms with Crippen molar-refractivity contribution in [1.82, 2.24) is 0 Å². The van der Waals surface area contributed by atoms with Crippen molar-refractivity contribution in [1.29, 1.82) is 0 Å². The topological polar surface area (TPSA) is 22.4 Å². The largest absolute Gasteiger partial charge is 0.497 e. The van der Waals surface area contributed by atoms with Crippen LogP contribution in [-0.4, -0.2) is 7.11 Å². The molecule has 0 saturated carbocycles. The number of hydrogen-bond donors (Lipinski definition) is 0. The number of rotatable bonds is 1. The summed E-state index contributed by atoms with van der Waals surface area (Å²) in [5, 5.41) is 2.07. The number of halogens is 3. The summed E-state index contributed by atoms with van der Waals surface area (Å²) in [4.78, 5) is 0. The van der Waals surface area contributed by atoms with Gasteiger partial charge in [-0.05, 0) is 56.1 Å². The van der Waals surface area contributed by atoms with E-state index in [0.29, 0.717) is 0 Å². The summed E-state index contributed by atoms with van der Waals surface area (Å²) in [6.07, 6.45) is 0. The Kier molecular flexibility index (Phi) is 3.16. The summed E-state index contributed by atoms with van der Waals surface area (Å²) in [6, 6.07) is 7.84. The van der Waals surface area contributed by atoms with Gasteiger partial charge < -0.3 is 9.15 Å². The zero-order valence-corrected chi connectivity index (χ0v) is 14.0. The van der Waals surface area contributed by atoms with Crippen LogP contribution >= 0.6 is 47.8 Å². The van der Waals surface area contributed by atoms with E-state index in [2.05, 4.69) is 47.8 Å². The second-order valence-electron chi connectivity index (χ2n) is 3.85. The first-order chi connectivity index (χ1) is 8.60. The molecule has 1 aromatic heterocycles. The van der Waals surface area contributed by atoms with E-state index in [-0.39, 0.29) is 0 Å². The van der Waals surface area contributed by atoms with Gasteiger partial charge in [-0.15, -0.1) is 0 Å². The molecular weight excluding hydrogens is 428 g/mol. The molecular formula is C13H7Br3O2. The van der Waals surface area contributed by atoms with Crippen LogP contribution in [0.3, 0.4) is 0 Å². The Morgan fingerprint density at radius 2 is 1.78 bits per heavy atom. The van der Waals surface area contributed by atoms with E-state index in [9.17, 15) is 0 Å². The lowest BCUT2D eigenvalue weighted by Crippen LogP contribution is -1.82. The number of fused-ring (bicyclic) bond motifs is 3. The van der Waals surface area contributed by atoms with Crippen molar-refractivity contribution in [2.75, 3.05) is 7.11 Å². The Balaban J connectivity index is 2.53. The molecule has 0 N–H and O–H groups in total. The summed E-state index contributed by atoms with van der Waals surface area (Å²) in [6.45, 7) is 0. The van der Waals surface area contributed by atoms with Crippen molar-refractivity contribution in [3.8, 4) is 5.75 Å². The fraction of sp³-hybridized carbons (Fsp3) is 0.0769. The lowest BCUT2D eigenvalue weighted by atomic mass is 10.1. The molecule has 0 aliphatic heterocycles. The third-order valence-electron chi connectivity index (χ3n) is 2.75. The molecule has 0 amide bonds. The van der Waals surface area contributed by atoms with Crippen LogP contribution in [0, 0.1) is 0 Å². The highest BCUT2D eigenvalue weighted by atomic mass is 79.9. The fourth-order valence-corrected chi connectivity index (χ4v) is 3.90. The maximum absolute atomic E-state index is 5.88. The van der Waals surface area contributed by atoms with Gasteiger partial charge in [0.2, 0.25) is 0 Å². The number of ether oxygens (including phenoxy) is 1. The molecule has 2 nitrogen and oxygen atoms in total. The van der Waals surface area contributed by atoms with E-state index >= 15 is 0 Å². The lowest BCUT2D eigenvalue weighted by Gasteiger charge is -2.01. The highest BCUT2D eigenvalue weighted by Gasteiger charge is 2.14. The van der Waals surface area contributed by atoms with Gasteiger partial charge in [0.15, 0.2) is 0 Å². The monoisotopic (exact) mass is 432 g/mol. The van der Waals surface area contributed by atoms with Gasteiger partial charge in [-0.25, -0.2) is 0 Å². The quantitative estimate of drug-likeness (QED) is 0.477. The maximum Gasteiger partial charge on any atom is 0.149 e. The SMILES string of the molecule is COc1cc(Br)c2oc3cc(Br)cc(Br)c3c2c1. The van der Waals surface area contributed by atoms with E-state index in [4.69, 9.17) is 9.15 Å². The van der Waals surface area contributed by atoms with E-state index in [1.165, 1.54) is 0 Å². The standard InChI is InChI=1S/C13H7Br3O2/c1-17-7-4-8-12-9(15)2-6(14)3-11(12)18-13(8)10(16)5-7/h2-5H,1H3. The smallest absolute Gasteiger partial charge is 0.149 e. The van der Waals surface area contributed by atoms with Gasteiger partial charge in [0.25, 0.3) is 0 Å². The molecule has 0 saturated heterocycles. The second-order valence-corrected chi connectivity index (χ2v) is 6.47. The zero-order valence-electron chi connectivity index (χ0n) is 9.26. The summed E-state index contributed by atoms with van der Waals surface area (Å²) in [5.41, 5.74) is 1.66. The molecule has 3 rings (SSSR count). The van der Waals surface area contributed by atoms with Crippen LogP contribution in [0.15, 0.2) is 42.1 Å². The van der Waals surface area contributed by atoms with Gasteiger partial charge in [-0.3, -0.25) is 0 Å². The minimum Gasteiger partial charge on any atom is -0.497 e. The molecule has 0 unspecified atom stereocenters. The average Bonchev–Trinajstić information content (AvgIpc) is 2.67. The molecule has 0 atom stereocenters. The predicted molar refractivity (Wildman–Crippen MR) is 83.4 cm³/mol. The molecule has 3 aromatic rings. The van der Waals surface area contributed by atoms with Crippen LogP contribution in [0.25, 0.3) is 21.9 Å². The van der Waals surface area contributed by atoms with Gasteiger partial charge in [0, 0.05) is 19.7 Å². The Morgan fingerprint density at radius 1 is 1.00 bits per heavy atom. The van der Waals surface area contributed by atoms with Crippen molar-refractivity contribution in [2.45, 2.75) is 0 Å². The summed E-state index contributed by atoms with van der Waals surface area (Å²) >= 11 is 10.5. The molecule has 18 heavy (non-hydrogen) atoms. The first kappa shape index (κ1) is 12.5. The first-order valence-electron chi connectivity index (χ1n) is 5.15. The number of hydrogen-bond acceptors (Lipinski definition) is 2. The molecule has 0 bridgehead atoms. The van der Waals surface area contributed by atoms with E-state index in [1.54, 1.807) is 7.11 Å². The Morgan fingerprint density at radius 3 is 2.50 bits per heavy atom. The van der Waals surface area contributed by atoms with Crippen LogP contribution in [0.5, 0.6) is 5.75 Å². The van der Waals surface area contributed by atoms with E-state index < -0.39 is 0 Å². The van der Waals surface area contributed by atoms with Crippen LogP contribution in [0.2, 0.25) is 0 Å². The van der Waals surface area contributed by atoms with E-state index in [0.717, 1.165) is 41.1 Å². The van der Waals surface area contributed by atoms with Gasteiger partial charge in [-0.1, -0.05) is 15.9 Å². The lowest BCUT2D eigenvalue weighted by molar-refractivity contribution is 0.415. The van der Waals surface area contributed by atoms with E-state index in [1.807, 2.05) is 24.3 Å². The van der Waals surface area contributed by atoms with Crippen molar-refractivity contribution in [3.05, 3.63) is 37.7 Å². The molecule has 0 radical (unpaired) electrons. The van der Waals surface area contributed by atoms with Crippen molar-refractivity contribution >= 4 is 69.7 Å². The highest BCUT2D eigenvalue weighted by Crippen LogP contribution is 2.40. The van der Waals surface area contributed by atoms with Crippen LogP contribution < -0.4 is 4.74 Å². The second kappa shape index (κ2) is 4.54. The van der Waals surface area contributed by atoms with Gasteiger partial charge >= 0.3 is 0 Å². The van der Waals surface area contributed by atoms with Crippen LogP contribution in [-0.2, 0) is 0 Å². The van der Waals surface area contributed by atoms with Crippen LogP contribution in [0.1, 0.15) is 0 Å². The Bertz CT molecular complexity index is 762. The van der Waals surface area contributed by atoms with Crippen molar-refractivity contribution in [2.24, 2.45) is 0 Å². The molecule has 5 heteroatoms. The van der Waals surface area contributed by atoms with Crippen molar-refractivity contribution in [3.63, 3.8) is 0 Å². The van der Waals surface area contributed by atoms with Gasteiger partial charge in [0.1, 0.15) is 16.9 Å². The average molecular weight is 435 g/mol. The summed E-state index contributed by atoms with van der Waals surface area (Å²) in [5.74, 6) is 0.798. The Hall–Kier alpha value is -0.520.